The third-order valence-electron chi connectivity index (χ3n) is 5.48. The largest absolute Gasteiger partial charge is 0.312 e. The monoisotopic (exact) mass is 384 g/mol. The first-order valence-corrected chi connectivity index (χ1v) is 10.1. The van der Waals surface area contributed by atoms with Gasteiger partial charge in [-0.2, -0.15) is 0 Å². The van der Waals surface area contributed by atoms with Crippen LogP contribution in [0.4, 0.5) is 5.69 Å². The van der Waals surface area contributed by atoms with E-state index in [1.807, 2.05) is 47.4 Å². The molecule has 0 aliphatic carbocycles. The quantitative estimate of drug-likeness (QED) is 0.590. The van der Waals surface area contributed by atoms with E-state index in [0.29, 0.717) is 12.8 Å². The summed E-state index contributed by atoms with van der Waals surface area (Å²) < 4.78 is 0. The van der Waals surface area contributed by atoms with E-state index >= 15 is 0 Å². The number of benzene rings is 2. The van der Waals surface area contributed by atoms with Gasteiger partial charge in [-0.15, -0.1) is 0 Å². The average molecular weight is 384 g/mol. The number of hydrogen-bond acceptors (Lipinski definition) is 3. The Hall–Kier alpha value is -3.27. The Bertz CT molecular complexity index is 1030. The molecule has 4 nitrogen and oxygen atoms in total. The molecule has 0 N–H and O–H groups in total. The first-order valence-electron chi connectivity index (χ1n) is 10.1. The summed E-state index contributed by atoms with van der Waals surface area (Å²) in [4.78, 5) is 30.3. The molecule has 4 heteroatoms. The maximum atomic E-state index is 12.5. The van der Waals surface area contributed by atoms with Crippen LogP contribution < -0.4 is 4.90 Å². The minimum atomic E-state index is 0.0906. The number of nitrogens with zero attached hydrogens (tertiary/aromatic N) is 2. The lowest BCUT2D eigenvalue weighted by atomic mass is 9.95. The van der Waals surface area contributed by atoms with Crippen LogP contribution in [0.1, 0.15) is 41.3 Å². The number of carbonyl (C=O) groups is 2. The van der Waals surface area contributed by atoms with Crippen molar-refractivity contribution < 1.29 is 9.59 Å². The highest BCUT2D eigenvalue weighted by molar-refractivity contribution is 5.97. The first-order chi connectivity index (χ1) is 14.1. The van der Waals surface area contributed by atoms with Crippen molar-refractivity contribution in [2.75, 3.05) is 11.4 Å². The second-order valence-corrected chi connectivity index (χ2v) is 7.48. The van der Waals surface area contributed by atoms with E-state index in [1.165, 1.54) is 5.56 Å². The van der Waals surface area contributed by atoms with Crippen molar-refractivity contribution in [2.24, 2.45) is 0 Å². The van der Waals surface area contributed by atoms with Gasteiger partial charge in [0.05, 0.1) is 0 Å². The zero-order valence-electron chi connectivity index (χ0n) is 16.6. The molecule has 3 aromatic rings. The van der Waals surface area contributed by atoms with Crippen LogP contribution in [-0.4, -0.2) is 23.2 Å². The summed E-state index contributed by atoms with van der Waals surface area (Å²) in [6.07, 6.45) is 6.69. The van der Waals surface area contributed by atoms with Gasteiger partial charge >= 0.3 is 0 Å². The molecular formula is C25H24N2O2. The maximum Gasteiger partial charge on any atom is 0.223 e. The number of hydrogen-bond donors (Lipinski definition) is 0. The lowest BCUT2D eigenvalue weighted by Gasteiger charge is -2.29. The first kappa shape index (κ1) is 19.1. The van der Waals surface area contributed by atoms with Gasteiger partial charge in [-0.1, -0.05) is 36.4 Å². The number of pyridine rings is 1. The zero-order valence-corrected chi connectivity index (χ0v) is 16.6. The topological polar surface area (TPSA) is 50.3 Å². The van der Waals surface area contributed by atoms with Gasteiger partial charge in [0, 0.05) is 43.5 Å². The number of carbonyl (C=O) groups excluding carboxylic acids is 2. The lowest BCUT2D eigenvalue weighted by molar-refractivity contribution is -0.116. The van der Waals surface area contributed by atoms with Crippen LogP contribution in [0, 0.1) is 0 Å². The number of anilines is 1. The molecule has 2 aromatic carbocycles. The maximum absolute atomic E-state index is 12.5. The van der Waals surface area contributed by atoms with Gasteiger partial charge in [-0.3, -0.25) is 14.6 Å². The Balaban J connectivity index is 1.48. The summed E-state index contributed by atoms with van der Waals surface area (Å²) in [5, 5.41) is 0. The van der Waals surface area contributed by atoms with Gasteiger partial charge < -0.3 is 4.90 Å². The van der Waals surface area contributed by atoms with Crippen molar-refractivity contribution in [3.63, 3.8) is 0 Å². The van der Waals surface area contributed by atoms with Crippen LogP contribution in [0.2, 0.25) is 0 Å². The third kappa shape index (κ3) is 4.27. The molecule has 0 spiro atoms. The second-order valence-electron chi connectivity index (χ2n) is 7.48. The van der Waals surface area contributed by atoms with Crippen molar-refractivity contribution in [3.8, 4) is 11.1 Å². The highest BCUT2D eigenvalue weighted by Crippen LogP contribution is 2.32. The highest BCUT2D eigenvalue weighted by atomic mass is 16.2. The molecule has 4 rings (SSSR count). The fraction of sp³-hybridized carbons (Fsp3) is 0.240. The highest BCUT2D eigenvalue weighted by Gasteiger charge is 2.20. The van der Waals surface area contributed by atoms with Crippen LogP contribution in [0.3, 0.4) is 0 Å². The minimum Gasteiger partial charge on any atom is -0.312 e. The summed E-state index contributed by atoms with van der Waals surface area (Å²) in [5.41, 5.74) is 6.24. The van der Waals surface area contributed by atoms with Gasteiger partial charge in [0.1, 0.15) is 0 Å². The predicted molar refractivity (Wildman–Crippen MR) is 115 cm³/mol. The Morgan fingerprint density at radius 3 is 2.55 bits per heavy atom. The van der Waals surface area contributed by atoms with Crippen molar-refractivity contribution >= 4 is 17.4 Å². The molecule has 29 heavy (non-hydrogen) atoms. The predicted octanol–water partition coefficient (Wildman–Crippen LogP) is 4.86. The zero-order chi connectivity index (χ0) is 20.2. The molecule has 0 unspecified atom stereocenters. The van der Waals surface area contributed by atoms with Crippen molar-refractivity contribution in [3.05, 3.63) is 83.7 Å². The normalized spacial score (nSPS) is 13.1. The lowest BCUT2D eigenvalue weighted by Crippen LogP contribution is -2.33. The van der Waals surface area contributed by atoms with Gasteiger partial charge in [-0.25, -0.2) is 0 Å². The van der Waals surface area contributed by atoms with E-state index in [-0.39, 0.29) is 11.7 Å². The van der Waals surface area contributed by atoms with Crippen molar-refractivity contribution in [1.82, 2.24) is 4.98 Å². The summed E-state index contributed by atoms with van der Waals surface area (Å²) in [7, 11) is 0. The van der Waals surface area contributed by atoms with Crippen LogP contribution in [0.15, 0.2) is 67.0 Å². The molecule has 1 aromatic heterocycles. The fourth-order valence-corrected chi connectivity index (χ4v) is 3.90. The number of amides is 1. The van der Waals surface area contributed by atoms with E-state index in [4.69, 9.17) is 0 Å². The van der Waals surface area contributed by atoms with Gasteiger partial charge in [0.15, 0.2) is 5.78 Å². The van der Waals surface area contributed by atoms with Gasteiger partial charge in [0.2, 0.25) is 5.91 Å². The van der Waals surface area contributed by atoms with E-state index in [2.05, 4.69) is 17.1 Å². The Kier molecular flexibility index (Phi) is 5.52. The molecular weight excluding hydrogens is 360 g/mol. The summed E-state index contributed by atoms with van der Waals surface area (Å²) in [6, 6.07) is 18.0. The molecule has 1 aliphatic rings. The van der Waals surface area contributed by atoms with Crippen molar-refractivity contribution in [1.29, 1.82) is 0 Å². The molecule has 0 saturated carbocycles. The average Bonchev–Trinajstić information content (AvgIpc) is 2.77. The number of aryl methyl sites for hydroxylation is 2. The fourth-order valence-electron chi connectivity index (χ4n) is 3.90. The smallest absolute Gasteiger partial charge is 0.223 e. The van der Waals surface area contributed by atoms with Gasteiger partial charge in [-0.05, 0) is 59.7 Å². The Morgan fingerprint density at radius 1 is 1.03 bits per heavy atom. The van der Waals surface area contributed by atoms with Crippen LogP contribution in [-0.2, 0) is 17.6 Å². The molecule has 1 aliphatic heterocycles. The molecule has 0 fully saturated rings. The molecule has 0 atom stereocenters. The number of Topliss-reactive ketones (excluding diaryl/α,β-unsaturated/α-hetero) is 1. The Labute approximate surface area is 171 Å². The standard InChI is InChI=1S/C25H24N2O2/c1-18(28)27-15-3-5-23-16-22(11-12-24(23)27)20-7-9-21(10-8-20)25(29)13-6-19-4-2-14-26-17-19/h2,4,7-12,14,16-17H,3,5-6,13,15H2,1H3. The van der Waals surface area contributed by atoms with Crippen LogP contribution >= 0.6 is 0 Å². The van der Waals surface area contributed by atoms with Crippen LogP contribution in [0.5, 0.6) is 0 Å². The molecule has 146 valence electrons. The minimum absolute atomic E-state index is 0.0906. The SMILES string of the molecule is CC(=O)N1CCCc2cc(-c3ccc(C(=O)CCc4cccnc4)cc3)ccc21. The molecule has 0 radical (unpaired) electrons. The van der Waals surface area contributed by atoms with Gasteiger partial charge in [0.25, 0.3) is 0 Å². The number of ketones is 1. The summed E-state index contributed by atoms with van der Waals surface area (Å²) in [5.74, 6) is 0.232. The number of aromatic nitrogens is 1. The van der Waals surface area contributed by atoms with E-state index < -0.39 is 0 Å². The van der Waals surface area contributed by atoms with Crippen molar-refractivity contribution in [2.45, 2.75) is 32.6 Å². The third-order valence-corrected chi connectivity index (χ3v) is 5.48. The molecule has 2 heterocycles. The van der Waals surface area contributed by atoms with E-state index in [9.17, 15) is 9.59 Å². The Morgan fingerprint density at radius 2 is 1.83 bits per heavy atom. The summed E-state index contributed by atoms with van der Waals surface area (Å²) >= 11 is 0. The number of rotatable bonds is 5. The second kappa shape index (κ2) is 8.39. The molecule has 1 amide bonds. The molecule has 0 saturated heterocycles. The molecule has 0 bridgehead atoms. The summed E-state index contributed by atoms with van der Waals surface area (Å²) in [6.45, 7) is 2.41. The van der Waals surface area contributed by atoms with E-state index in [1.54, 1.807) is 19.3 Å². The van der Waals surface area contributed by atoms with E-state index in [0.717, 1.165) is 47.3 Å². The van der Waals surface area contributed by atoms with Crippen LogP contribution in [0.25, 0.3) is 11.1 Å². The number of fused-ring (bicyclic) bond motifs is 1.